The Morgan fingerprint density at radius 3 is 2.68 bits per heavy atom. The Hall–Kier alpha value is -2.22. The number of halogens is 1. The van der Waals surface area contributed by atoms with Crippen LogP contribution in [-0.2, 0) is 16.4 Å². The summed E-state index contributed by atoms with van der Waals surface area (Å²) in [6.07, 6.45) is 0.280. The second kappa shape index (κ2) is 7.35. The van der Waals surface area contributed by atoms with Gasteiger partial charge in [-0.25, -0.2) is 13.1 Å². The highest BCUT2D eigenvalue weighted by atomic mass is 35.5. The molecule has 0 radical (unpaired) electrons. The first kappa shape index (κ1) is 17.6. The normalized spacial score (nSPS) is 11.6. The molecule has 0 aliphatic heterocycles. The molecular weight excluding hydrogens is 362 g/mol. The molecule has 1 heterocycles. The van der Waals surface area contributed by atoms with E-state index >= 15 is 0 Å². The number of hydrogen-bond acceptors (Lipinski definition) is 5. The molecular formula is C17H16ClN3O3S. The van der Waals surface area contributed by atoms with Crippen molar-refractivity contribution in [2.75, 3.05) is 6.54 Å². The molecule has 1 aromatic heterocycles. The molecule has 6 nitrogen and oxygen atoms in total. The molecule has 0 saturated heterocycles. The Morgan fingerprint density at radius 2 is 1.92 bits per heavy atom. The van der Waals surface area contributed by atoms with Crippen molar-refractivity contribution < 1.29 is 12.8 Å². The van der Waals surface area contributed by atoms with Crippen LogP contribution in [0.2, 0.25) is 5.02 Å². The Bertz CT molecular complexity index is 986. The maximum Gasteiger partial charge on any atom is 0.247 e. The zero-order chi connectivity index (χ0) is 17.9. The molecule has 0 atom stereocenters. The van der Waals surface area contributed by atoms with Crippen LogP contribution in [0, 0.1) is 6.92 Å². The topological polar surface area (TPSA) is 85.1 Å². The Balaban J connectivity index is 1.64. The molecule has 2 aromatic carbocycles. The van der Waals surface area contributed by atoms with E-state index < -0.39 is 10.0 Å². The van der Waals surface area contributed by atoms with E-state index in [2.05, 4.69) is 14.9 Å². The molecule has 8 heteroatoms. The molecule has 0 spiro atoms. The van der Waals surface area contributed by atoms with Crippen LogP contribution in [0.5, 0.6) is 0 Å². The second-order valence-electron chi connectivity index (χ2n) is 5.45. The van der Waals surface area contributed by atoms with Crippen LogP contribution in [0.25, 0.3) is 11.5 Å². The van der Waals surface area contributed by atoms with Crippen molar-refractivity contribution in [1.29, 1.82) is 0 Å². The van der Waals surface area contributed by atoms with Crippen LogP contribution in [0.15, 0.2) is 57.8 Å². The van der Waals surface area contributed by atoms with Crippen molar-refractivity contribution in [2.45, 2.75) is 18.2 Å². The van der Waals surface area contributed by atoms with Gasteiger partial charge in [-0.3, -0.25) is 0 Å². The standard InChI is InChI=1S/C17H16ClN3O3S/c1-12-5-4-6-13(11-12)17-21-20-16(24-17)9-10-19-25(22,23)15-8-3-2-7-14(15)18/h2-8,11,19H,9-10H2,1H3. The van der Waals surface area contributed by atoms with Crippen LogP contribution < -0.4 is 4.72 Å². The van der Waals surface area contributed by atoms with E-state index in [-0.39, 0.29) is 22.9 Å². The van der Waals surface area contributed by atoms with Crippen molar-refractivity contribution in [3.63, 3.8) is 0 Å². The largest absolute Gasteiger partial charge is 0.421 e. The molecule has 3 aromatic rings. The van der Waals surface area contributed by atoms with Gasteiger partial charge in [-0.1, -0.05) is 41.4 Å². The van der Waals surface area contributed by atoms with E-state index in [9.17, 15) is 8.42 Å². The SMILES string of the molecule is Cc1cccc(-c2nnc(CCNS(=O)(=O)c3ccccc3Cl)o2)c1. The number of aryl methyl sites for hydroxylation is 1. The van der Waals surface area contributed by atoms with Gasteiger partial charge in [-0.2, -0.15) is 0 Å². The number of nitrogens with zero attached hydrogens (tertiary/aromatic N) is 2. The first-order valence-corrected chi connectivity index (χ1v) is 9.45. The fourth-order valence-electron chi connectivity index (χ4n) is 2.28. The monoisotopic (exact) mass is 377 g/mol. The summed E-state index contributed by atoms with van der Waals surface area (Å²) in [7, 11) is -3.68. The molecule has 0 unspecified atom stereocenters. The predicted octanol–water partition coefficient (Wildman–Crippen LogP) is 3.22. The third-order valence-electron chi connectivity index (χ3n) is 3.49. The minimum Gasteiger partial charge on any atom is -0.421 e. The van der Waals surface area contributed by atoms with E-state index in [1.807, 2.05) is 31.2 Å². The number of nitrogens with one attached hydrogen (secondary N) is 1. The summed E-state index contributed by atoms with van der Waals surface area (Å²) in [4.78, 5) is 0.0441. The smallest absolute Gasteiger partial charge is 0.247 e. The van der Waals surface area contributed by atoms with Gasteiger partial charge in [0.05, 0.1) is 5.02 Å². The first-order chi connectivity index (χ1) is 12.0. The number of aromatic nitrogens is 2. The van der Waals surface area contributed by atoms with Crippen molar-refractivity contribution in [3.8, 4) is 11.5 Å². The average molecular weight is 378 g/mol. The van der Waals surface area contributed by atoms with Crippen LogP contribution in [0.1, 0.15) is 11.5 Å². The Kier molecular flexibility index (Phi) is 5.17. The lowest BCUT2D eigenvalue weighted by atomic mass is 10.1. The van der Waals surface area contributed by atoms with Gasteiger partial charge in [0.15, 0.2) is 0 Å². The van der Waals surface area contributed by atoms with Gasteiger partial charge in [-0.05, 0) is 31.2 Å². The molecule has 3 rings (SSSR count). The fraction of sp³-hybridized carbons (Fsp3) is 0.176. The zero-order valence-electron chi connectivity index (χ0n) is 13.4. The van der Waals surface area contributed by atoms with E-state index in [4.69, 9.17) is 16.0 Å². The van der Waals surface area contributed by atoms with Crippen LogP contribution in [0.4, 0.5) is 0 Å². The van der Waals surface area contributed by atoms with Gasteiger partial charge in [0, 0.05) is 18.5 Å². The van der Waals surface area contributed by atoms with Crippen LogP contribution >= 0.6 is 11.6 Å². The third-order valence-corrected chi connectivity index (χ3v) is 5.45. The summed E-state index contributed by atoms with van der Waals surface area (Å²) in [6, 6.07) is 14.0. The highest BCUT2D eigenvalue weighted by molar-refractivity contribution is 7.89. The molecule has 0 fully saturated rings. The van der Waals surface area contributed by atoms with Gasteiger partial charge in [0.2, 0.25) is 21.8 Å². The molecule has 0 bridgehead atoms. The van der Waals surface area contributed by atoms with Gasteiger partial charge in [0.25, 0.3) is 0 Å². The fourth-order valence-corrected chi connectivity index (χ4v) is 3.83. The van der Waals surface area contributed by atoms with Crippen molar-refractivity contribution >= 4 is 21.6 Å². The third kappa shape index (κ3) is 4.25. The second-order valence-corrected chi connectivity index (χ2v) is 7.59. The number of sulfonamides is 1. The molecule has 130 valence electrons. The Morgan fingerprint density at radius 1 is 1.12 bits per heavy atom. The minimum absolute atomic E-state index is 0.0441. The van der Waals surface area contributed by atoms with E-state index in [0.29, 0.717) is 11.8 Å². The number of benzene rings is 2. The van der Waals surface area contributed by atoms with Crippen molar-refractivity contribution in [2.24, 2.45) is 0 Å². The van der Waals surface area contributed by atoms with E-state index in [1.54, 1.807) is 12.1 Å². The highest BCUT2D eigenvalue weighted by Gasteiger charge is 2.17. The van der Waals surface area contributed by atoms with Gasteiger partial charge in [0.1, 0.15) is 4.90 Å². The van der Waals surface area contributed by atoms with Gasteiger partial charge < -0.3 is 4.42 Å². The predicted molar refractivity (Wildman–Crippen MR) is 94.8 cm³/mol. The Labute approximate surface area is 150 Å². The molecule has 0 aliphatic carbocycles. The summed E-state index contributed by atoms with van der Waals surface area (Å²) >= 11 is 5.93. The van der Waals surface area contributed by atoms with Crippen LogP contribution in [0.3, 0.4) is 0 Å². The summed E-state index contributed by atoms with van der Waals surface area (Å²) in [6.45, 7) is 2.10. The lowest BCUT2D eigenvalue weighted by Gasteiger charge is -2.06. The quantitative estimate of drug-likeness (QED) is 0.712. The maximum absolute atomic E-state index is 12.2. The summed E-state index contributed by atoms with van der Waals surface area (Å²) in [5, 5.41) is 8.13. The maximum atomic E-state index is 12.2. The lowest BCUT2D eigenvalue weighted by molar-refractivity contribution is 0.502. The summed E-state index contributed by atoms with van der Waals surface area (Å²) < 4.78 is 32.6. The van der Waals surface area contributed by atoms with E-state index in [0.717, 1.165) is 11.1 Å². The van der Waals surface area contributed by atoms with Crippen molar-refractivity contribution in [3.05, 3.63) is 65.0 Å². The van der Waals surface area contributed by atoms with Crippen molar-refractivity contribution in [1.82, 2.24) is 14.9 Å². The highest BCUT2D eigenvalue weighted by Crippen LogP contribution is 2.21. The minimum atomic E-state index is -3.68. The van der Waals surface area contributed by atoms with Gasteiger partial charge >= 0.3 is 0 Å². The molecule has 0 saturated carbocycles. The zero-order valence-corrected chi connectivity index (χ0v) is 15.0. The molecule has 0 amide bonds. The van der Waals surface area contributed by atoms with E-state index in [1.165, 1.54) is 12.1 Å². The molecule has 25 heavy (non-hydrogen) atoms. The number of hydrogen-bond donors (Lipinski definition) is 1. The lowest BCUT2D eigenvalue weighted by Crippen LogP contribution is -2.26. The number of rotatable bonds is 6. The van der Waals surface area contributed by atoms with Gasteiger partial charge in [-0.15, -0.1) is 10.2 Å². The molecule has 0 aliphatic rings. The molecule has 1 N–H and O–H groups in total. The first-order valence-electron chi connectivity index (χ1n) is 7.59. The summed E-state index contributed by atoms with van der Waals surface area (Å²) in [5.41, 5.74) is 1.92. The summed E-state index contributed by atoms with van der Waals surface area (Å²) in [5.74, 6) is 0.769. The average Bonchev–Trinajstić information content (AvgIpc) is 3.04. The van der Waals surface area contributed by atoms with Crippen LogP contribution in [-0.4, -0.2) is 25.2 Å².